The zero-order chi connectivity index (χ0) is 28.1. The van der Waals surface area contributed by atoms with E-state index in [1.165, 1.54) is 85.9 Å². The number of thiophene rings is 1. The Morgan fingerprint density at radius 1 is 0.349 bits per heavy atom. The molecule has 0 amide bonds. The van der Waals surface area contributed by atoms with Crippen LogP contribution in [0.1, 0.15) is 0 Å². The van der Waals surface area contributed by atoms with Gasteiger partial charge in [-0.3, -0.25) is 0 Å². The Labute approximate surface area is 251 Å². The fourth-order valence-corrected chi connectivity index (χ4v) is 8.57. The molecule has 7 aromatic carbocycles. The normalized spacial score (nSPS) is 12.2. The minimum atomic E-state index is 1.18. The summed E-state index contributed by atoms with van der Waals surface area (Å²) in [6.07, 6.45) is 0. The van der Waals surface area contributed by atoms with Gasteiger partial charge in [0.15, 0.2) is 0 Å². The van der Waals surface area contributed by atoms with Gasteiger partial charge in [0.25, 0.3) is 0 Å². The summed E-state index contributed by atoms with van der Waals surface area (Å²) in [4.78, 5) is 0. The number of hydrogen-bond donors (Lipinski definition) is 0. The highest BCUT2D eigenvalue weighted by Crippen LogP contribution is 2.44. The first-order chi connectivity index (χ1) is 21.4. The molecule has 0 saturated carbocycles. The molecule has 0 aliphatic heterocycles. The molecule has 0 saturated heterocycles. The number of benzene rings is 7. The molecule has 3 heteroatoms. The molecule has 3 aromatic heterocycles. The molecule has 0 aliphatic rings. The maximum atomic E-state index is 2.49. The number of hydrogen-bond acceptors (Lipinski definition) is 1. The van der Waals surface area contributed by atoms with Crippen molar-refractivity contribution in [2.24, 2.45) is 0 Å². The monoisotopic (exact) mass is 564 g/mol. The number of aromatic nitrogens is 2. The van der Waals surface area contributed by atoms with E-state index in [-0.39, 0.29) is 0 Å². The molecule has 0 unspecified atom stereocenters. The summed E-state index contributed by atoms with van der Waals surface area (Å²) < 4.78 is 7.54. The Kier molecular flexibility index (Phi) is 4.63. The quantitative estimate of drug-likeness (QED) is 0.198. The first-order valence-corrected chi connectivity index (χ1v) is 15.5. The third kappa shape index (κ3) is 3.07. The molecule has 0 bridgehead atoms. The van der Waals surface area contributed by atoms with Gasteiger partial charge in [-0.05, 0) is 59.3 Å². The smallest absolute Gasteiger partial charge is 0.0640 e. The van der Waals surface area contributed by atoms with Crippen molar-refractivity contribution >= 4 is 85.9 Å². The van der Waals surface area contributed by atoms with Crippen molar-refractivity contribution in [3.05, 3.63) is 146 Å². The first-order valence-electron chi connectivity index (χ1n) is 14.7. The molecule has 2 nitrogen and oxygen atoms in total. The molecule has 0 atom stereocenters. The Hall–Kier alpha value is -5.38. The summed E-state index contributed by atoms with van der Waals surface area (Å²) in [5, 5.41) is 10.4. The standard InChI is InChI=1S/C40H24N2S/c1-2-11-25(12-3-1)41-32-17-7-4-14-30(32)38-27-22-24-35-39(28(27)21-23-34(38)41)31-15-5-8-18-33(31)42(35)36-19-10-16-29-26-13-6-9-20-37(26)43-40(29)36/h1-24H. The third-order valence-electron chi connectivity index (χ3n) is 9.11. The van der Waals surface area contributed by atoms with Crippen LogP contribution in [0.4, 0.5) is 0 Å². The minimum absolute atomic E-state index is 1.18. The van der Waals surface area contributed by atoms with Crippen molar-refractivity contribution in [1.29, 1.82) is 0 Å². The van der Waals surface area contributed by atoms with Crippen LogP contribution in [-0.4, -0.2) is 9.13 Å². The largest absolute Gasteiger partial charge is 0.309 e. The van der Waals surface area contributed by atoms with Crippen LogP contribution in [0.15, 0.2) is 146 Å². The van der Waals surface area contributed by atoms with Gasteiger partial charge in [0.2, 0.25) is 0 Å². The Balaban J connectivity index is 1.36. The molecule has 3 heterocycles. The maximum Gasteiger partial charge on any atom is 0.0640 e. The van der Waals surface area contributed by atoms with Gasteiger partial charge >= 0.3 is 0 Å². The highest BCUT2D eigenvalue weighted by atomic mass is 32.1. The van der Waals surface area contributed by atoms with Crippen molar-refractivity contribution in [2.75, 3.05) is 0 Å². The molecular weight excluding hydrogens is 541 g/mol. The summed E-state index contributed by atoms with van der Waals surface area (Å²) in [6, 6.07) is 53.3. The molecule has 200 valence electrons. The third-order valence-corrected chi connectivity index (χ3v) is 10.3. The van der Waals surface area contributed by atoms with Crippen molar-refractivity contribution in [1.82, 2.24) is 9.13 Å². The van der Waals surface area contributed by atoms with E-state index in [9.17, 15) is 0 Å². The van der Waals surface area contributed by atoms with Gasteiger partial charge < -0.3 is 9.13 Å². The van der Waals surface area contributed by atoms with Crippen LogP contribution in [0.2, 0.25) is 0 Å². The van der Waals surface area contributed by atoms with E-state index >= 15 is 0 Å². The van der Waals surface area contributed by atoms with E-state index in [2.05, 4.69) is 155 Å². The van der Waals surface area contributed by atoms with Gasteiger partial charge in [-0.15, -0.1) is 11.3 Å². The van der Waals surface area contributed by atoms with E-state index in [1.54, 1.807) is 0 Å². The van der Waals surface area contributed by atoms with Crippen LogP contribution in [-0.2, 0) is 0 Å². The van der Waals surface area contributed by atoms with Gasteiger partial charge in [0, 0.05) is 42.7 Å². The molecular formula is C40H24N2S. The van der Waals surface area contributed by atoms with Gasteiger partial charge in [-0.2, -0.15) is 0 Å². The average Bonchev–Trinajstić information content (AvgIpc) is 3.73. The van der Waals surface area contributed by atoms with E-state index in [0.29, 0.717) is 0 Å². The second-order valence-electron chi connectivity index (χ2n) is 11.3. The lowest BCUT2D eigenvalue weighted by Gasteiger charge is -2.10. The molecule has 0 fully saturated rings. The van der Waals surface area contributed by atoms with E-state index in [1.807, 2.05) is 11.3 Å². The van der Waals surface area contributed by atoms with Crippen LogP contribution in [0.5, 0.6) is 0 Å². The van der Waals surface area contributed by atoms with Crippen LogP contribution in [0, 0.1) is 0 Å². The lowest BCUT2D eigenvalue weighted by atomic mass is 9.99. The van der Waals surface area contributed by atoms with Crippen molar-refractivity contribution in [3.8, 4) is 11.4 Å². The van der Waals surface area contributed by atoms with Crippen LogP contribution in [0.25, 0.3) is 85.9 Å². The fourth-order valence-electron chi connectivity index (χ4n) is 7.36. The number of fused-ring (bicyclic) bond motifs is 12. The summed E-state index contributed by atoms with van der Waals surface area (Å²) in [5.41, 5.74) is 7.37. The molecule has 0 aliphatic carbocycles. The lowest BCUT2D eigenvalue weighted by Crippen LogP contribution is -1.94. The predicted octanol–water partition coefficient (Wildman–Crippen LogP) is 11.4. The molecule has 0 N–H and O–H groups in total. The van der Waals surface area contributed by atoms with E-state index < -0.39 is 0 Å². The first kappa shape index (κ1) is 23.2. The van der Waals surface area contributed by atoms with Gasteiger partial charge in [0.1, 0.15) is 0 Å². The fraction of sp³-hybridized carbons (Fsp3) is 0. The Morgan fingerprint density at radius 3 is 1.63 bits per heavy atom. The van der Waals surface area contributed by atoms with E-state index in [0.717, 1.165) is 0 Å². The van der Waals surface area contributed by atoms with Crippen molar-refractivity contribution < 1.29 is 0 Å². The number of nitrogens with zero attached hydrogens (tertiary/aromatic N) is 2. The topological polar surface area (TPSA) is 9.86 Å². The average molecular weight is 565 g/mol. The summed E-state index contributed by atoms with van der Waals surface area (Å²) in [7, 11) is 0. The minimum Gasteiger partial charge on any atom is -0.309 e. The number of para-hydroxylation sites is 3. The van der Waals surface area contributed by atoms with Crippen molar-refractivity contribution in [3.63, 3.8) is 0 Å². The highest BCUT2D eigenvalue weighted by Gasteiger charge is 2.20. The van der Waals surface area contributed by atoms with E-state index in [4.69, 9.17) is 0 Å². The summed E-state index contributed by atoms with van der Waals surface area (Å²) in [5.74, 6) is 0. The van der Waals surface area contributed by atoms with Crippen LogP contribution < -0.4 is 0 Å². The summed E-state index contributed by atoms with van der Waals surface area (Å²) in [6.45, 7) is 0. The SMILES string of the molecule is c1ccc(-n2c3ccccc3c3c4ccc5c(c4ccc32)c2ccccc2n5-c2cccc3c2sc2ccccc23)cc1. The van der Waals surface area contributed by atoms with Gasteiger partial charge in [0.05, 0.1) is 32.5 Å². The molecule has 10 rings (SSSR count). The van der Waals surface area contributed by atoms with Gasteiger partial charge in [-0.1, -0.05) is 97.1 Å². The zero-order valence-corrected chi connectivity index (χ0v) is 24.0. The number of rotatable bonds is 2. The maximum absolute atomic E-state index is 2.49. The molecule has 10 aromatic rings. The highest BCUT2D eigenvalue weighted by molar-refractivity contribution is 7.26. The summed E-state index contributed by atoms with van der Waals surface area (Å²) >= 11 is 1.89. The Morgan fingerprint density at radius 2 is 0.907 bits per heavy atom. The molecule has 0 radical (unpaired) electrons. The second-order valence-corrected chi connectivity index (χ2v) is 12.4. The van der Waals surface area contributed by atoms with Crippen LogP contribution >= 0.6 is 11.3 Å². The second kappa shape index (κ2) is 8.57. The molecule has 43 heavy (non-hydrogen) atoms. The van der Waals surface area contributed by atoms with Crippen LogP contribution in [0.3, 0.4) is 0 Å². The van der Waals surface area contributed by atoms with Crippen molar-refractivity contribution in [2.45, 2.75) is 0 Å². The molecule has 0 spiro atoms. The van der Waals surface area contributed by atoms with Gasteiger partial charge in [-0.25, -0.2) is 0 Å². The zero-order valence-electron chi connectivity index (χ0n) is 23.2. The Bertz CT molecular complexity index is 2720. The lowest BCUT2D eigenvalue weighted by molar-refractivity contribution is 1.18. The predicted molar refractivity (Wildman–Crippen MR) is 186 cm³/mol.